The van der Waals surface area contributed by atoms with E-state index in [-0.39, 0.29) is 35.4 Å². The number of hydrogen-bond acceptors (Lipinski definition) is 0. The van der Waals surface area contributed by atoms with Gasteiger partial charge in [-0.1, -0.05) is 0 Å². The quantitative estimate of drug-likeness (QED) is 0.220. The fraction of sp³-hybridized carbons (Fsp3) is 0.333. The summed E-state index contributed by atoms with van der Waals surface area (Å²) >= 11 is -4.12. The van der Waals surface area contributed by atoms with Crippen LogP contribution in [0.4, 0.5) is 52.7 Å². The van der Waals surface area contributed by atoms with Gasteiger partial charge >= 0.3 is 209 Å². The Morgan fingerprint density at radius 3 is 1.35 bits per heavy atom. The standard InChI is InChI=1S/2C8H3F6.C8H11.Pt/c2*9-7(10,11)5-2-1-3-6(4-5)8(12,13)14;1-2-4-6-8-7-5-3-1;/h2*1-2,4H;1-2,7H,3-6H2;. The minimum atomic E-state index is -5.36. The maximum atomic E-state index is 14.0. The van der Waals surface area contributed by atoms with E-state index < -0.39 is 72.2 Å². The minimum absolute atomic E-state index is 0.0122. The van der Waals surface area contributed by atoms with Crippen molar-refractivity contribution in [2.24, 2.45) is 0 Å². The van der Waals surface area contributed by atoms with Gasteiger partial charge in [0.25, 0.3) is 0 Å². The van der Waals surface area contributed by atoms with Gasteiger partial charge in [0.15, 0.2) is 0 Å². The van der Waals surface area contributed by atoms with Crippen molar-refractivity contribution >= 4 is 7.91 Å². The molecule has 2 aromatic carbocycles. The number of halogens is 12. The zero-order chi connectivity index (χ0) is 27.8. The van der Waals surface area contributed by atoms with Gasteiger partial charge < -0.3 is 0 Å². The van der Waals surface area contributed by atoms with Crippen LogP contribution in [-0.2, 0) is 42.0 Å². The van der Waals surface area contributed by atoms with E-state index in [0.29, 0.717) is 30.7 Å². The molecule has 2 aromatic rings. The van der Waals surface area contributed by atoms with Gasteiger partial charge in [-0.15, -0.1) is 0 Å². The second-order valence-electron chi connectivity index (χ2n) is 7.75. The fourth-order valence-corrected chi connectivity index (χ4v) is 10.7. The van der Waals surface area contributed by atoms with Crippen LogP contribution in [0.25, 0.3) is 0 Å². The number of allylic oxidation sites excluding steroid dienone is 4. The van der Waals surface area contributed by atoms with Gasteiger partial charge in [-0.3, -0.25) is 0 Å². The van der Waals surface area contributed by atoms with E-state index in [0.717, 1.165) is 0 Å². The molecule has 0 aliphatic heterocycles. The van der Waals surface area contributed by atoms with Crippen LogP contribution in [0.1, 0.15) is 47.9 Å². The van der Waals surface area contributed by atoms with Gasteiger partial charge in [0.2, 0.25) is 0 Å². The zero-order valence-electron chi connectivity index (χ0n) is 18.4. The van der Waals surface area contributed by atoms with Crippen molar-refractivity contribution in [2.75, 3.05) is 0 Å². The fourth-order valence-electron chi connectivity index (χ4n) is 3.41. The van der Waals surface area contributed by atoms with Crippen LogP contribution >= 0.6 is 0 Å². The molecular weight excluding hydrogens is 711 g/mol. The predicted octanol–water partition coefficient (Wildman–Crippen LogP) is 8.34. The third-order valence-corrected chi connectivity index (χ3v) is 12.0. The van der Waals surface area contributed by atoms with Crippen molar-refractivity contribution in [3.63, 3.8) is 0 Å². The molecule has 0 aromatic heterocycles. The van der Waals surface area contributed by atoms with Crippen molar-refractivity contribution in [1.82, 2.24) is 0 Å². The Balaban J connectivity index is 2.39. The van der Waals surface area contributed by atoms with Gasteiger partial charge in [0, 0.05) is 0 Å². The Morgan fingerprint density at radius 2 is 0.946 bits per heavy atom. The van der Waals surface area contributed by atoms with Crippen molar-refractivity contribution in [3.8, 4) is 0 Å². The molecule has 0 amide bonds. The molecule has 3 rings (SSSR count). The average molecular weight is 728 g/mol. The second-order valence-corrected chi connectivity index (χ2v) is 13.4. The number of hydrogen-bond donors (Lipinski definition) is 0. The molecule has 0 spiro atoms. The van der Waals surface area contributed by atoms with E-state index in [4.69, 9.17) is 0 Å². The summed E-state index contributed by atoms with van der Waals surface area (Å²) in [6.07, 6.45) is -15.2. The van der Waals surface area contributed by atoms with E-state index in [1.165, 1.54) is 6.08 Å². The number of rotatable bonds is 3. The van der Waals surface area contributed by atoms with Crippen LogP contribution in [0.5, 0.6) is 0 Å². The zero-order valence-corrected chi connectivity index (χ0v) is 20.6. The number of alkyl halides is 12. The van der Waals surface area contributed by atoms with Crippen LogP contribution < -0.4 is 7.91 Å². The second kappa shape index (κ2) is 10.5. The van der Waals surface area contributed by atoms with Crippen LogP contribution in [0.3, 0.4) is 0 Å². The van der Waals surface area contributed by atoms with Gasteiger partial charge in [0.1, 0.15) is 0 Å². The SMILES string of the molecule is FC(F)(F)c1cc[c]([Pt]([C]2=CCCC=CCC2)[c]2ccc(C(F)(F)F)cc2C(F)(F)F)c(C(F)(F)F)c1. The van der Waals surface area contributed by atoms with Crippen LogP contribution in [-0.4, -0.2) is 0 Å². The molecule has 0 atom stereocenters. The normalized spacial score (nSPS) is 16.2. The Labute approximate surface area is 209 Å². The molecule has 0 nitrogen and oxygen atoms in total. The van der Waals surface area contributed by atoms with Crippen molar-refractivity contribution in [2.45, 2.75) is 50.4 Å². The molecule has 0 N–H and O–H groups in total. The molecular formula is C24H17F12Pt. The molecule has 1 aliphatic carbocycles. The van der Waals surface area contributed by atoms with Crippen LogP contribution in [0.2, 0.25) is 0 Å². The van der Waals surface area contributed by atoms with E-state index in [1.54, 1.807) is 12.2 Å². The molecule has 13 heteroatoms. The third-order valence-electron chi connectivity index (χ3n) is 5.08. The average Bonchev–Trinajstić information content (AvgIpc) is 2.72. The first-order valence-electron chi connectivity index (χ1n) is 10.4. The van der Waals surface area contributed by atoms with Crippen molar-refractivity contribution < 1.29 is 70.0 Å². The Bertz CT molecular complexity index is 1100. The van der Waals surface area contributed by atoms with Crippen molar-refractivity contribution in [1.29, 1.82) is 0 Å². The van der Waals surface area contributed by atoms with E-state index in [1.807, 2.05) is 0 Å². The van der Waals surface area contributed by atoms with Crippen LogP contribution in [0.15, 0.2) is 58.6 Å². The third kappa shape index (κ3) is 7.00. The summed E-state index contributed by atoms with van der Waals surface area (Å²) in [7, 11) is 0. The number of benzene rings is 2. The molecule has 0 saturated carbocycles. The summed E-state index contributed by atoms with van der Waals surface area (Å²) < 4.78 is 162. The molecule has 0 bridgehead atoms. The summed E-state index contributed by atoms with van der Waals surface area (Å²) in [6.45, 7) is 0. The molecule has 0 heterocycles. The molecule has 0 saturated heterocycles. The first-order valence-corrected chi connectivity index (χ1v) is 13.8. The molecule has 0 fully saturated rings. The van der Waals surface area contributed by atoms with Crippen LogP contribution in [0, 0.1) is 0 Å². The summed E-state index contributed by atoms with van der Waals surface area (Å²) in [5.41, 5.74) is -6.78. The summed E-state index contributed by atoms with van der Waals surface area (Å²) in [5, 5.41) is 0. The van der Waals surface area contributed by atoms with Gasteiger partial charge in [-0.05, 0) is 0 Å². The summed E-state index contributed by atoms with van der Waals surface area (Å²) in [4.78, 5) is 0. The Morgan fingerprint density at radius 1 is 0.514 bits per heavy atom. The Hall–Kier alpha value is -2.23. The van der Waals surface area contributed by atoms with E-state index in [2.05, 4.69) is 0 Å². The summed E-state index contributed by atoms with van der Waals surface area (Å²) in [6, 6.07) is 1.45. The first kappa shape index (κ1) is 29.3. The first-order chi connectivity index (χ1) is 16.9. The maximum absolute atomic E-state index is 14.0. The van der Waals surface area contributed by atoms with E-state index >= 15 is 0 Å². The summed E-state index contributed by atoms with van der Waals surface area (Å²) in [5.74, 6) is 0. The van der Waals surface area contributed by atoms with E-state index in [9.17, 15) is 52.7 Å². The topological polar surface area (TPSA) is 0 Å². The molecule has 1 aliphatic rings. The molecule has 0 unspecified atom stereocenters. The molecule has 207 valence electrons. The van der Waals surface area contributed by atoms with Crippen molar-refractivity contribution in [3.05, 3.63) is 80.8 Å². The van der Waals surface area contributed by atoms with Gasteiger partial charge in [-0.2, -0.15) is 0 Å². The molecule has 0 radical (unpaired) electrons. The predicted molar refractivity (Wildman–Crippen MR) is 108 cm³/mol. The Kier molecular flexibility index (Phi) is 8.32. The monoisotopic (exact) mass is 728 g/mol. The molecule has 37 heavy (non-hydrogen) atoms. The van der Waals surface area contributed by atoms with Gasteiger partial charge in [0.05, 0.1) is 0 Å². The van der Waals surface area contributed by atoms with Gasteiger partial charge in [-0.25, -0.2) is 0 Å².